The molecule has 2 aliphatic rings. The highest BCUT2D eigenvalue weighted by atomic mass is 19.4. The van der Waals surface area contributed by atoms with Gasteiger partial charge in [0.1, 0.15) is 6.61 Å². The van der Waals surface area contributed by atoms with Crippen LogP contribution in [0.1, 0.15) is 92.2 Å². The molecule has 0 aromatic heterocycles. The highest BCUT2D eigenvalue weighted by molar-refractivity contribution is 5.56. The van der Waals surface area contributed by atoms with Crippen molar-refractivity contribution in [1.82, 2.24) is 0 Å². The molecule has 1 aromatic carbocycles. The fourth-order valence-corrected chi connectivity index (χ4v) is 3.58. The molecule has 7 heteroatoms. The van der Waals surface area contributed by atoms with Gasteiger partial charge in [-0.2, -0.15) is 13.2 Å². The van der Waals surface area contributed by atoms with E-state index in [0.717, 1.165) is 31.7 Å². The quantitative estimate of drug-likeness (QED) is 0.371. The van der Waals surface area contributed by atoms with E-state index in [0.29, 0.717) is 30.4 Å². The average molecular weight is 518 g/mol. The van der Waals surface area contributed by atoms with Gasteiger partial charge in [-0.05, 0) is 43.9 Å². The average Bonchev–Trinajstić information content (AvgIpc) is 2.90. The van der Waals surface area contributed by atoms with Gasteiger partial charge in [-0.3, -0.25) is 0 Å². The second-order valence-electron chi connectivity index (χ2n) is 7.27. The van der Waals surface area contributed by atoms with Gasteiger partial charge in [0.05, 0.1) is 23.9 Å². The zero-order valence-corrected chi connectivity index (χ0v) is 24.2. The van der Waals surface area contributed by atoms with Gasteiger partial charge < -0.3 is 19.1 Å². The van der Waals surface area contributed by atoms with Gasteiger partial charge >= 0.3 is 6.18 Å². The summed E-state index contributed by atoms with van der Waals surface area (Å²) in [5.74, 6) is 5.48. The molecule has 0 unspecified atom stereocenters. The topological polar surface area (TPSA) is 30.9 Å². The summed E-state index contributed by atoms with van der Waals surface area (Å²) < 4.78 is 56.1. The van der Waals surface area contributed by atoms with Crippen LogP contribution in [0.4, 0.5) is 18.9 Å². The van der Waals surface area contributed by atoms with Gasteiger partial charge in [0, 0.05) is 38.6 Å². The Balaban J connectivity index is 0. The molecule has 0 amide bonds. The minimum atomic E-state index is -4.41. The van der Waals surface area contributed by atoms with Crippen molar-refractivity contribution in [2.75, 3.05) is 38.8 Å². The Morgan fingerprint density at radius 3 is 1.86 bits per heavy atom. The molecule has 0 bridgehead atoms. The first-order valence-corrected chi connectivity index (χ1v) is 13.5. The third kappa shape index (κ3) is 13.0. The van der Waals surface area contributed by atoms with Crippen molar-refractivity contribution in [3.05, 3.63) is 29.3 Å². The lowest BCUT2D eigenvalue weighted by Gasteiger charge is -2.40. The zero-order valence-electron chi connectivity index (χ0n) is 24.2. The molecule has 3 rings (SSSR count). The standard InChI is InChI=1S/C21H26F3NO3.4C2H6/c1-26-9-3-4-15-10-16(21(22,23)24)12-17(11-15)25-7-5-18(6-8-25)28-20-13-19(14-20)27-2;4*1-2/h10-12,18-20H,5-9,13-14H2,1-2H3;4*1-2H3. The van der Waals surface area contributed by atoms with Crippen molar-refractivity contribution >= 4 is 5.69 Å². The van der Waals surface area contributed by atoms with Crippen molar-refractivity contribution < 1.29 is 27.4 Å². The van der Waals surface area contributed by atoms with Crippen LogP contribution >= 0.6 is 0 Å². The number of hydrogen-bond donors (Lipinski definition) is 0. The maximum Gasteiger partial charge on any atom is 0.416 e. The van der Waals surface area contributed by atoms with Crippen LogP contribution in [0.15, 0.2) is 18.2 Å². The number of piperidine rings is 1. The van der Waals surface area contributed by atoms with Crippen molar-refractivity contribution in [2.45, 2.75) is 106 Å². The van der Waals surface area contributed by atoms with Gasteiger partial charge in [-0.1, -0.05) is 67.2 Å². The van der Waals surface area contributed by atoms with Gasteiger partial charge in [-0.15, -0.1) is 0 Å². The maximum atomic E-state index is 13.3. The Hall–Kier alpha value is -1.75. The molecule has 0 spiro atoms. The second-order valence-corrected chi connectivity index (χ2v) is 7.27. The van der Waals surface area contributed by atoms with E-state index in [9.17, 15) is 13.2 Å². The monoisotopic (exact) mass is 517 g/mol. The molecule has 210 valence electrons. The van der Waals surface area contributed by atoms with E-state index >= 15 is 0 Å². The minimum Gasteiger partial charge on any atom is -0.381 e. The lowest BCUT2D eigenvalue weighted by atomic mass is 9.91. The number of hydrogen-bond acceptors (Lipinski definition) is 4. The van der Waals surface area contributed by atoms with Crippen LogP contribution in [-0.2, 0) is 20.4 Å². The molecule has 2 fully saturated rings. The molecule has 1 saturated carbocycles. The van der Waals surface area contributed by atoms with Gasteiger partial charge in [0.2, 0.25) is 0 Å². The first-order chi connectivity index (χ1) is 17.4. The minimum absolute atomic E-state index is 0.158. The first-order valence-electron chi connectivity index (χ1n) is 13.5. The van der Waals surface area contributed by atoms with Crippen molar-refractivity contribution in [3.63, 3.8) is 0 Å². The van der Waals surface area contributed by atoms with Crippen LogP contribution in [0, 0.1) is 11.8 Å². The van der Waals surface area contributed by atoms with Crippen LogP contribution in [0.25, 0.3) is 0 Å². The second kappa shape index (κ2) is 21.3. The lowest BCUT2D eigenvalue weighted by molar-refractivity contribution is -0.137. The number of benzene rings is 1. The Morgan fingerprint density at radius 1 is 0.833 bits per heavy atom. The Bertz CT molecular complexity index is 715. The number of nitrogens with zero attached hydrogens (tertiary/aromatic N) is 1. The van der Waals surface area contributed by atoms with Gasteiger partial charge in [0.15, 0.2) is 0 Å². The van der Waals surface area contributed by atoms with E-state index in [2.05, 4.69) is 11.8 Å². The molecule has 0 radical (unpaired) electrons. The predicted molar refractivity (Wildman–Crippen MR) is 146 cm³/mol. The van der Waals surface area contributed by atoms with E-state index in [1.807, 2.05) is 60.3 Å². The van der Waals surface area contributed by atoms with Crippen LogP contribution < -0.4 is 4.90 Å². The van der Waals surface area contributed by atoms with Crippen LogP contribution in [0.5, 0.6) is 0 Å². The molecule has 1 aliphatic heterocycles. The Labute approximate surface area is 218 Å². The summed E-state index contributed by atoms with van der Waals surface area (Å²) in [4.78, 5) is 1.98. The van der Waals surface area contributed by atoms with Crippen LogP contribution in [0.3, 0.4) is 0 Å². The highest BCUT2D eigenvalue weighted by Crippen LogP contribution is 2.34. The SMILES string of the molecule is CC.CC.CC.CC.COCC#Cc1cc(N2CCC(OC3CC(OC)C3)CC2)cc(C(F)(F)F)c1. The number of halogens is 3. The number of anilines is 1. The summed E-state index contributed by atoms with van der Waals surface area (Å²) in [6.45, 7) is 17.5. The summed E-state index contributed by atoms with van der Waals surface area (Å²) in [5.41, 5.74) is 0.226. The summed E-state index contributed by atoms with van der Waals surface area (Å²) in [7, 11) is 3.21. The van der Waals surface area contributed by atoms with E-state index < -0.39 is 11.7 Å². The molecule has 4 nitrogen and oxygen atoms in total. The third-order valence-electron chi connectivity index (χ3n) is 5.27. The lowest BCUT2D eigenvalue weighted by Crippen LogP contribution is -2.43. The summed E-state index contributed by atoms with van der Waals surface area (Å²) in [6, 6.07) is 4.01. The van der Waals surface area contributed by atoms with E-state index in [1.54, 1.807) is 13.2 Å². The maximum absolute atomic E-state index is 13.3. The number of rotatable bonds is 5. The van der Waals surface area contributed by atoms with E-state index in [1.165, 1.54) is 13.2 Å². The third-order valence-corrected chi connectivity index (χ3v) is 5.27. The molecule has 1 aliphatic carbocycles. The molecular weight excluding hydrogens is 467 g/mol. The fourth-order valence-electron chi connectivity index (χ4n) is 3.58. The molecule has 36 heavy (non-hydrogen) atoms. The van der Waals surface area contributed by atoms with Crippen LogP contribution in [-0.4, -0.2) is 52.2 Å². The number of alkyl halides is 3. The Kier molecular flexibility index (Phi) is 21.6. The molecule has 1 saturated heterocycles. The van der Waals surface area contributed by atoms with Gasteiger partial charge in [-0.25, -0.2) is 0 Å². The summed E-state index contributed by atoms with van der Waals surface area (Å²) >= 11 is 0. The molecule has 1 aromatic rings. The largest absolute Gasteiger partial charge is 0.416 e. The van der Waals surface area contributed by atoms with E-state index in [4.69, 9.17) is 14.2 Å². The fraction of sp³-hybridized carbons (Fsp3) is 0.724. The Morgan fingerprint density at radius 2 is 1.39 bits per heavy atom. The summed E-state index contributed by atoms with van der Waals surface area (Å²) in [6.07, 6.45) is -0.250. The number of methoxy groups -OCH3 is 2. The highest BCUT2D eigenvalue weighted by Gasteiger charge is 2.34. The molecule has 1 heterocycles. The van der Waals surface area contributed by atoms with Crippen molar-refractivity contribution in [3.8, 4) is 11.8 Å². The summed E-state index contributed by atoms with van der Waals surface area (Å²) in [5, 5.41) is 0. The predicted octanol–water partition coefficient (Wildman–Crippen LogP) is 7.97. The molecular formula is C29H50F3NO3. The molecule has 0 atom stereocenters. The smallest absolute Gasteiger partial charge is 0.381 e. The van der Waals surface area contributed by atoms with Crippen molar-refractivity contribution in [1.29, 1.82) is 0 Å². The zero-order chi connectivity index (χ0) is 28.1. The normalized spacial score (nSPS) is 18.6. The van der Waals surface area contributed by atoms with Gasteiger partial charge in [0.25, 0.3) is 0 Å². The number of ether oxygens (including phenoxy) is 3. The molecule has 0 N–H and O–H groups in total. The first kappa shape index (κ1) is 36.4. The van der Waals surface area contributed by atoms with Crippen LogP contribution in [0.2, 0.25) is 0 Å². The van der Waals surface area contributed by atoms with E-state index in [-0.39, 0.29) is 18.8 Å². The van der Waals surface area contributed by atoms with Crippen molar-refractivity contribution in [2.24, 2.45) is 0 Å².